The molecule has 0 saturated carbocycles. The first kappa shape index (κ1) is 6.63. The van der Waals surface area contributed by atoms with Crippen molar-refractivity contribution < 1.29 is 9.47 Å². The minimum absolute atomic E-state index is 0.0828. The van der Waals surface area contributed by atoms with Gasteiger partial charge in [0.25, 0.3) is 0 Å². The molecule has 2 bridgehead atoms. The second-order valence-electron chi connectivity index (χ2n) is 3.57. The molecule has 0 unspecified atom stereocenters. The third kappa shape index (κ3) is 0.612. The van der Waals surface area contributed by atoms with Crippen molar-refractivity contribution in [3.8, 4) is 0 Å². The van der Waals surface area contributed by atoms with Crippen molar-refractivity contribution in [2.45, 2.75) is 22.5 Å². The van der Waals surface area contributed by atoms with Crippen molar-refractivity contribution >= 4 is 15.9 Å². The Morgan fingerprint density at radius 3 is 3.09 bits per heavy atom. The average molecular weight is 217 g/mol. The standard InChI is InChI=1S/C8H9BrO2/c9-7-3-6-1-2-8(7,11-6)5-10-4-7/h1-2,6H,3-5H2/t6-,7-,8-/m1/s1. The molecule has 3 aliphatic heterocycles. The normalized spacial score (nSPS) is 58.8. The second-order valence-corrected chi connectivity index (χ2v) is 5.09. The molecule has 3 atom stereocenters. The lowest BCUT2D eigenvalue weighted by atomic mass is 9.86. The van der Waals surface area contributed by atoms with Crippen LogP contribution in [0.3, 0.4) is 0 Å². The summed E-state index contributed by atoms with van der Waals surface area (Å²) in [5.74, 6) is 0. The van der Waals surface area contributed by atoms with Gasteiger partial charge >= 0.3 is 0 Å². The van der Waals surface area contributed by atoms with Gasteiger partial charge in [-0.1, -0.05) is 28.1 Å². The Bertz CT molecular complexity index is 240. The summed E-state index contributed by atoms with van der Waals surface area (Å²) >= 11 is 3.72. The summed E-state index contributed by atoms with van der Waals surface area (Å²) in [6.07, 6.45) is 5.69. The Labute approximate surface area is 73.7 Å². The van der Waals surface area contributed by atoms with Crippen LogP contribution in [0.1, 0.15) is 6.42 Å². The smallest absolute Gasteiger partial charge is 0.128 e. The molecule has 3 rings (SSSR count). The molecule has 3 heteroatoms. The van der Waals surface area contributed by atoms with Gasteiger partial charge in [0.15, 0.2) is 0 Å². The number of hydrogen-bond donors (Lipinski definition) is 0. The Hall–Kier alpha value is 0.140. The van der Waals surface area contributed by atoms with E-state index in [1.54, 1.807) is 0 Å². The topological polar surface area (TPSA) is 18.5 Å². The summed E-state index contributed by atoms with van der Waals surface area (Å²) in [5.41, 5.74) is -0.127. The second kappa shape index (κ2) is 1.73. The van der Waals surface area contributed by atoms with Gasteiger partial charge in [-0.2, -0.15) is 0 Å². The van der Waals surface area contributed by atoms with E-state index in [-0.39, 0.29) is 9.93 Å². The zero-order chi connectivity index (χ0) is 7.53. The number of hydrogen-bond acceptors (Lipinski definition) is 2. The first-order valence-corrected chi connectivity index (χ1v) is 4.67. The minimum atomic E-state index is -0.127. The molecule has 2 fully saturated rings. The predicted octanol–water partition coefficient (Wildman–Crippen LogP) is 1.25. The lowest BCUT2D eigenvalue weighted by Crippen LogP contribution is -2.43. The van der Waals surface area contributed by atoms with E-state index in [0.717, 1.165) is 13.0 Å². The predicted molar refractivity (Wildman–Crippen MR) is 43.8 cm³/mol. The molecule has 0 radical (unpaired) electrons. The average Bonchev–Trinajstić information content (AvgIpc) is 2.49. The molecule has 0 aliphatic carbocycles. The van der Waals surface area contributed by atoms with E-state index in [4.69, 9.17) is 9.47 Å². The first-order chi connectivity index (χ1) is 5.24. The molecule has 0 aromatic carbocycles. The van der Waals surface area contributed by atoms with Gasteiger partial charge < -0.3 is 9.47 Å². The van der Waals surface area contributed by atoms with Crippen LogP contribution >= 0.6 is 15.9 Å². The molecule has 2 nitrogen and oxygen atoms in total. The highest BCUT2D eigenvalue weighted by atomic mass is 79.9. The maximum atomic E-state index is 5.80. The van der Waals surface area contributed by atoms with Crippen molar-refractivity contribution in [1.29, 1.82) is 0 Å². The highest BCUT2D eigenvalue weighted by Crippen LogP contribution is 2.54. The van der Waals surface area contributed by atoms with Crippen LogP contribution in [-0.2, 0) is 9.47 Å². The van der Waals surface area contributed by atoms with Crippen LogP contribution in [0.5, 0.6) is 0 Å². The Morgan fingerprint density at radius 2 is 2.36 bits per heavy atom. The molecule has 0 N–H and O–H groups in total. The van der Waals surface area contributed by atoms with E-state index in [1.165, 1.54) is 0 Å². The minimum Gasteiger partial charge on any atom is -0.376 e. The summed E-state index contributed by atoms with van der Waals surface area (Å²) < 4.78 is 11.3. The Morgan fingerprint density at radius 1 is 1.45 bits per heavy atom. The molecule has 0 amide bonds. The van der Waals surface area contributed by atoms with E-state index in [1.807, 2.05) is 0 Å². The summed E-state index contributed by atoms with van der Waals surface area (Å²) in [6.45, 7) is 1.50. The van der Waals surface area contributed by atoms with E-state index in [0.29, 0.717) is 12.7 Å². The van der Waals surface area contributed by atoms with Crippen LogP contribution in [0.2, 0.25) is 0 Å². The molecular formula is C8H9BrO2. The van der Waals surface area contributed by atoms with Gasteiger partial charge in [-0.3, -0.25) is 0 Å². The molecule has 0 aromatic rings. The monoisotopic (exact) mass is 216 g/mol. The van der Waals surface area contributed by atoms with Crippen molar-refractivity contribution in [3.63, 3.8) is 0 Å². The van der Waals surface area contributed by atoms with E-state index in [2.05, 4.69) is 28.1 Å². The third-order valence-corrected chi connectivity index (χ3v) is 4.10. The molecular weight excluding hydrogens is 208 g/mol. The zero-order valence-electron chi connectivity index (χ0n) is 6.05. The number of alkyl halides is 1. The van der Waals surface area contributed by atoms with Gasteiger partial charge in [0.05, 0.1) is 23.6 Å². The van der Waals surface area contributed by atoms with Gasteiger partial charge in [0.2, 0.25) is 0 Å². The van der Waals surface area contributed by atoms with Crippen LogP contribution in [-0.4, -0.2) is 29.2 Å². The molecule has 2 saturated heterocycles. The summed E-state index contributed by atoms with van der Waals surface area (Å²) in [4.78, 5) is 0. The number of ether oxygens (including phenoxy) is 2. The quantitative estimate of drug-likeness (QED) is 0.449. The van der Waals surface area contributed by atoms with E-state index >= 15 is 0 Å². The zero-order valence-corrected chi connectivity index (χ0v) is 7.63. The number of rotatable bonds is 0. The molecule has 3 aliphatic rings. The lowest BCUT2D eigenvalue weighted by molar-refractivity contribution is 0.00789. The fraction of sp³-hybridized carbons (Fsp3) is 0.750. The van der Waals surface area contributed by atoms with Crippen LogP contribution in [0.25, 0.3) is 0 Å². The molecule has 0 aromatic heterocycles. The van der Waals surface area contributed by atoms with Crippen LogP contribution in [0, 0.1) is 0 Å². The molecule has 11 heavy (non-hydrogen) atoms. The lowest BCUT2D eigenvalue weighted by Gasteiger charge is -2.28. The molecule has 60 valence electrons. The van der Waals surface area contributed by atoms with Crippen molar-refractivity contribution in [2.24, 2.45) is 0 Å². The number of halogens is 1. The van der Waals surface area contributed by atoms with Crippen molar-refractivity contribution in [1.82, 2.24) is 0 Å². The number of fused-ring (bicyclic) bond motifs is 1. The fourth-order valence-corrected chi connectivity index (χ4v) is 3.05. The first-order valence-electron chi connectivity index (χ1n) is 3.88. The maximum Gasteiger partial charge on any atom is 0.128 e. The largest absolute Gasteiger partial charge is 0.376 e. The highest BCUT2D eigenvalue weighted by Gasteiger charge is 2.63. The summed E-state index contributed by atoms with van der Waals surface area (Å²) in [6, 6.07) is 0. The summed E-state index contributed by atoms with van der Waals surface area (Å²) in [5, 5.41) is 0. The summed E-state index contributed by atoms with van der Waals surface area (Å²) in [7, 11) is 0. The van der Waals surface area contributed by atoms with Crippen molar-refractivity contribution in [3.05, 3.63) is 12.2 Å². The van der Waals surface area contributed by atoms with Crippen LogP contribution in [0.4, 0.5) is 0 Å². The SMILES string of the molecule is Br[C@]12COC[C@]13C=C[C@H](C2)O3. The van der Waals surface area contributed by atoms with Gasteiger partial charge in [0.1, 0.15) is 5.60 Å². The molecule has 1 spiro atoms. The van der Waals surface area contributed by atoms with Crippen molar-refractivity contribution in [2.75, 3.05) is 13.2 Å². The third-order valence-electron chi connectivity index (χ3n) is 2.87. The van der Waals surface area contributed by atoms with Crippen LogP contribution in [0.15, 0.2) is 12.2 Å². The molecule has 3 heterocycles. The Kier molecular flexibility index (Phi) is 1.04. The fourth-order valence-electron chi connectivity index (χ4n) is 2.22. The van der Waals surface area contributed by atoms with E-state index < -0.39 is 0 Å². The maximum absolute atomic E-state index is 5.80. The highest BCUT2D eigenvalue weighted by molar-refractivity contribution is 9.10. The Balaban J connectivity index is 2.13. The van der Waals surface area contributed by atoms with Gasteiger partial charge in [-0.25, -0.2) is 0 Å². The van der Waals surface area contributed by atoms with Gasteiger partial charge in [-0.05, 0) is 6.42 Å². The van der Waals surface area contributed by atoms with Gasteiger partial charge in [-0.15, -0.1) is 0 Å². The van der Waals surface area contributed by atoms with Gasteiger partial charge in [0, 0.05) is 0 Å². The van der Waals surface area contributed by atoms with Crippen LogP contribution < -0.4 is 0 Å². The van der Waals surface area contributed by atoms with E-state index in [9.17, 15) is 0 Å².